The molecule has 0 saturated carbocycles. The summed E-state index contributed by atoms with van der Waals surface area (Å²) in [6.45, 7) is 1.97. The molecule has 0 atom stereocenters. The van der Waals surface area contributed by atoms with Gasteiger partial charge in [-0.1, -0.05) is 30.3 Å². The van der Waals surface area contributed by atoms with Gasteiger partial charge in [-0.05, 0) is 31.2 Å². The second kappa shape index (κ2) is 5.21. The lowest BCUT2D eigenvalue weighted by atomic mass is 10.1. The summed E-state index contributed by atoms with van der Waals surface area (Å²) in [5.41, 5.74) is 4.23. The van der Waals surface area contributed by atoms with Crippen LogP contribution >= 0.6 is 0 Å². The van der Waals surface area contributed by atoms with Crippen LogP contribution in [0.15, 0.2) is 54.6 Å². The van der Waals surface area contributed by atoms with E-state index in [2.05, 4.69) is 22.1 Å². The third kappa shape index (κ3) is 2.30. The molecule has 0 bridgehead atoms. The molecule has 3 heteroatoms. The van der Waals surface area contributed by atoms with Crippen molar-refractivity contribution >= 4 is 0 Å². The summed E-state index contributed by atoms with van der Waals surface area (Å²) in [6, 6.07) is 18.2. The molecule has 0 saturated heterocycles. The normalized spacial score (nSPS) is 10.5. The number of H-pyrrole nitrogens is 1. The molecule has 0 radical (unpaired) electrons. The van der Waals surface area contributed by atoms with Crippen molar-refractivity contribution in [3.63, 3.8) is 0 Å². The number of nitrogens with one attached hydrogen (secondary N) is 1. The molecule has 0 aliphatic heterocycles. The lowest BCUT2D eigenvalue weighted by Gasteiger charge is -2.04. The van der Waals surface area contributed by atoms with Crippen molar-refractivity contribution in [2.45, 2.75) is 6.92 Å². The molecule has 3 nitrogen and oxygen atoms in total. The number of nitrogens with zero attached hydrogens (tertiary/aromatic N) is 1. The Morgan fingerprint density at radius 1 is 0.900 bits per heavy atom. The highest BCUT2D eigenvalue weighted by molar-refractivity contribution is 5.78. The number of aromatic nitrogens is 2. The summed E-state index contributed by atoms with van der Waals surface area (Å²) in [6.07, 6.45) is 0. The molecule has 1 aromatic heterocycles. The standard InChI is InChI=1S/C17H16N2O/c1-12-18-16(13-6-4-3-5-7-13)17(19-12)14-8-10-15(20-2)11-9-14/h3-11H,1-2H3,(H,18,19). The van der Waals surface area contributed by atoms with E-state index in [0.29, 0.717) is 0 Å². The van der Waals surface area contributed by atoms with Crippen LogP contribution in [-0.2, 0) is 0 Å². The van der Waals surface area contributed by atoms with E-state index in [1.54, 1.807) is 7.11 Å². The van der Waals surface area contributed by atoms with E-state index < -0.39 is 0 Å². The van der Waals surface area contributed by atoms with Crippen molar-refractivity contribution in [3.8, 4) is 28.3 Å². The molecule has 0 amide bonds. The van der Waals surface area contributed by atoms with Crippen molar-refractivity contribution in [1.82, 2.24) is 9.97 Å². The first kappa shape index (κ1) is 12.5. The van der Waals surface area contributed by atoms with E-state index in [-0.39, 0.29) is 0 Å². The third-order valence-corrected chi connectivity index (χ3v) is 3.25. The van der Waals surface area contributed by atoms with E-state index in [1.165, 1.54) is 0 Å². The monoisotopic (exact) mass is 264 g/mol. The van der Waals surface area contributed by atoms with Gasteiger partial charge in [0.25, 0.3) is 0 Å². The topological polar surface area (TPSA) is 37.9 Å². The Balaban J connectivity index is 2.09. The van der Waals surface area contributed by atoms with Crippen molar-refractivity contribution in [1.29, 1.82) is 0 Å². The Labute approximate surface area is 118 Å². The van der Waals surface area contributed by atoms with Crippen molar-refractivity contribution in [3.05, 3.63) is 60.4 Å². The Morgan fingerprint density at radius 3 is 2.25 bits per heavy atom. The molecular weight excluding hydrogens is 248 g/mol. The zero-order chi connectivity index (χ0) is 13.9. The summed E-state index contributed by atoms with van der Waals surface area (Å²) < 4.78 is 5.20. The fraction of sp³-hybridized carbons (Fsp3) is 0.118. The lowest BCUT2D eigenvalue weighted by molar-refractivity contribution is 0.415. The Hall–Kier alpha value is -2.55. The molecule has 0 aliphatic rings. The number of imidazole rings is 1. The highest BCUT2D eigenvalue weighted by Crippen LogP contribution is 2.30. The fourth-order valence-corrected chi connectivity index (χ4v) is 2.26. The van der Waals surface area contributed by atoms with Gasteiger partial charge in [-0.25, -0.2) is 4.98 Å². The molecule has 1 heterocycles. The van der Waals surface area contributed by atoms with Crippen LogP contribution in [0.1, 0.15) is 5.82 Å². The van der Waals surface area contributed by atoms with E-state index in [9.17, 15) is 0 Å². The number of aromatic amines is 1. The number of rotatable bonds is 3. The first-order valence-corrected chi connectivity index (χ1v) is 6.54. The number of hydrogen-bond donors (Lipinski definition) is 1. The van der Waals surface area contributed by atoms with Gasteiger partial charge in [-0.2, -0.15) is 0 Å². The van der Waals surface area contributed by atoms with Crippen LogP contribution in [0.25, 0.3) is 22.5 Å². The highest BCUT2D eigenvalue weighted by Gasteiger charge is 2.12. The smallest absolute Gasteiger partial charge is 0.118 e. The van der Waals surface area contributed by atoms with Gasteiger partial charge < -0.3 is 9.72 Å². The van der Waals surface area contributed by atoms with E-state index in [0.717, 1.165) is 34.1 Å². The SMILES string of the molecule is COc1ccc(-c2[nH]c(C)nc2-c2ccccc2)cc1. The second-order valence-electron chi connectivity index (χ2n) is 4.64. The molecular formula is C17H16N2O. The van der Waals surface area contributed by atoms with Gasteiger partial charge in [0.05, 0.1) is 18.5 Å². The van der Waals surface area contributed by atoms with Crippen molar-refractivity contribution < 1.29 is 4.74 Å². The molecule has 0 unspecified atom stereocenters. The van der Waals surface area contributed by atoms with Gasteiger partial charge in [-0.3, -0.25) is 0 Å². The second-order valence-corrected chi connectivity index (χ2v) is 4.64. The van der Waals surface area contributed by atoms with E-state index >= 15 is 0 Å². The minimum absolute atomic E-state index is 0.853. The molecule has 3 rings (SSSR count). The van der Waals surface area contributed by atoms with Gasteiger partial charge >= 0.3 is 0 Å². The molecule has 1 N–H and O–H groups in total. The number of aryl methyl sites for hydroxylation is 1. The largest absolute Gasteiger partial charge is 0.497 e. The van der Waals surface area contributed by atoms with Crippen molar-refractivity contribution in [2.24, 2.45) is 0 Å². The molecule has 20 heavy (non-hydrogen) atoms. The zero-order valence-corrected chi connectivity index (χ0v) is 11.6. The van der Waals surface area contributed by atoms with Crippen LogP contribution in [0.2, 0.25) is 0 Å². The van der Waals surface area contributed by atoms with Crippen LogP contribution in [0.4, 0.5) is 0 Å². The van der Waals surface area contributed by atoms with Crippen LogP contribution in [-0.4, -0.2) is 17.1 Å². The quantitative estimate of drug-likeness (QED) is 0.774. The third-order valence-electron chi connectivity index (χ3n) is 3.25. The molecule has 2 aromatic carbocycles. The Morgan fingerprint density at radius 2 is 1.60 bits per heavy atom. The van der Waals surface area contributed by atoms with Gasteiger partial charge in [0.15, 0.2) is 0 Å². The van der Waals surface area contributed by atoms with E-state index in [1.807, 2.05) is 49.4 Å². The fourth-order valence-electron chi connectivity index (χ4n) is 2.26. The van der Waals surface area contributed by atoms with Gasteiger partial charge in [0.2, 0.25) is 0 Å². The molecule has 0 spiro atoms. The van der Waals surface area contributed by atoms with Gasteiger partial charge in [0.1, 0.15) is 11.6 Å². The predicted octanol–water partition coefficient (Wildman–Crippen LogP) is 4.06. The summed E-state index contributed by atoms with van der Waals surface area (Å²) in [4.78, 5) is 7.96. The maximum atomic E-state index is 5.20. The van der Waals surface area contributed by atoms with Crippen LogP contribution in [0.3, 0.4) is 0 Å². The molecule has 100 valence electrons. The van der Waals surface area contributed by atoms with Crippen LogP contribution in [0.5, 0.6) is 5.75 Å². The van der Waals surface area contributed by atoms with E-state index in [4.69, 9.17) is 4.74 Å². The number of methoxy groups -OCH3 is 1. The van der Waals surface area contributed by atoms with Gasteiger partial charge in [-0.15, -0.1) is 0 Å². The maximum absolute atomic E-state index is 5.20. The first-order valence-electron chi connectivity index (χ1n) is 6.54. The molecule has 0 fully saturated rings. The average Bonchev–Trinajstić information content (AvgIpc) is 2.90. The summed E-state index contributed by atoms with van der Waals surface area (Å²) >= 11 is 0. The average molecular weight is 264 g/mol. The summed E-state index contributed by atoms with van der Waals surface area (Å²) in [5.74, 6) is 1.76. The number of hydrogen-bond acceptors (Lipinski definition) is 2. The first-order chi connectivity index (χ1) is 9.78. The number of ether oxygens (including phenoxy) is 1. The minimum atomic E-state index is 0.853. The van der Waals surface area contributed by atoms with Crippen LogP contribution < -0.4 is 4.74 Å². The van der Waals surface area contributed by atoms with Crippen LogP contribution in [0, 0.1) is 6.92 Å². The predicted molar refractivity (Wildman–Crippen MR) is 80.7 cm³/mol. The molecule has 3 aromatic rings. The maximum Gasteiger partial charge on any atom is 0.118 e. The minimum Gasteiger partial charge on any atom is -0.497 e. The van der Waals surface area contributed by atoms with Crippen molar-refractivity contribution in [2.75, 3.05) is 7.11 Å². The Kier molecular flexibility index (Phi) is 3.25. The molecule has 0 aliphatic carbocycles. The number of benzene rings is 2. The van der Waals surface area contributed by atoms with Gasteiger partial charge in [0, 0.05) is 11.1 Å². The summed E-state index contributed by atoms with van der Waals surface area (Å²) in [5, 5.41) is 0. The lowest BCUT2D eigenvalue weighted by Crippen LogP contribution is -1.85. The summed E-state index contributed by atoms with van der Waals surface area (Å²) in [7, 11) is 1.67. The Bertz CT molecular complexity index is 700. The highest BCUT2D eigenvalue weighted by atomic mass is 16.5. The zero-order valence-electron chi connectivity index (χ0n) is 11.6.